The van der Waals surface area contributed by atoms with Gasteiger partial charge in [-0.2, -0.15) is 0 Å². The number of para-hydroxylation sites is 1. The van der Waals surface area contributed by atoms with E-state index in [4.69, 9.17) is 11.6 Å². The minimum Gasteiger partial charge on any atom is -0.328 e. The third-order valence-corrected chi connectivity index (χ3v) is 7.21. The molecule has 0 aliphatic heterocycles. The Bertz CT molecular complexity index is 1380. The summed E-state index contributed by atoms with van der Waals surface area (Å²) in [7, 11) is 0. The predicted molar refractivity (Wildman–Crippen MR) is 148 cm³/mol. The molecule has 186 valence electrons. The molecule has 1 aromatic heterocycles. The first kappa shape index (κ1) is 25.8. The van der Waals surface area contributed by atoms with Crippen molar-refractivity contribution in [3.8, 4) is 5.69 Å². The summed E-state index contributed by atoms with van der Waals surface area (Å²) in [5, 5.41) is 16.4. The van der Waals surface area contributed by atoms with Gasteiger partial charge in [0.2, 0.25) is 0 Å². The molecule has 0 aliphatic rings. The number of nitrogens with one attached hydrogen (secondary N) is 2. The van der Waals surface area contributed by atoms with Crippen molar-refractivity contribution in [3.05, 3.63) is 99.3 Å². The smallest absolute Gasteiger partial charge is 0.319 e. The normalized spacial score (nSPS) is 11.8. The summed E-state index contributed by atoms with van der Waals surface area (Å²) in [5.74, 6) is 1.37. The van der Waals surface area contributed by atoms with E-state index in [-0.39, 0.29) is 6.03 Å². The number of rotatable bonds is 7. The third-order valence-electron chi connectivity index (χ3n) is 5.98. The van der Waals surface area contributed by atoms with Gasteiger partial charge in [-0.15, -0.1) is 10.2 Å². The van der Waals surface area contributed by atoms with Gasteiger partial charge in [0.1, 0.15) is 0 Å². The fraction of sp³-hybridized carbons (Fsp3) is 0.250. The highest BCUT2D eigenvalue weighted by Crippen LogP contribution is 2.30. The lowest BCUT2D eigenvalue weighted by Gasteiger charge is -2.19. The van der Waals surface area contributed by atoms with E-state index in [1.807, 2.05) is 68.7 Å². The number of hydrogen-bond donors (Lipinski definition) is 2. The van der Waals surface area contributed by atoms with E-state index in [9.17, 15) is 4.79 Å². The van der Waals surface area contributed by atoms with Crippen LogP contribution in [0.15, 0.2) is 65.8 Å². The van der Waals surface area contributed by atoms with Gasteiger partial charge < -0.3 is 10.6 Å². The summed E-state index contributed by atoms with van der Waals surface area (Å²) in [5.41, 5.74) is 7.16. The number of hydrogen-bond acceptors (Lipinski definition) is 4. The Balaban J connectivity index is 1.63. The number of anilines is 1. The summed E-state index contributed by atoms with van der Waals surface area (Å²) < 4.78 is 1.99. The van der Waals surface area contributed by atoms with Crippen LogP contribution in [-0.2, 0) is 5.75 Å². The maximum absolute atomic E-state index is 12.9. The van der Waals surface area contributed by atoms with E-state index >= 15 is 0 Å². The maximum Gasteiger partial charge on any atom is 0.319 e. The van der Waals surface area contributed by atoms with Crippen molar-refractivity contribution < 1.29 is 4.79 Å². The van der Waals surface area contributed by atoms with Crippen molar-refractivity contribution in [2.24, 2.45) is 0 Å². The minimum atomic E-state index is -0.409. The fourth-order valence-electron chi connectivity index (χ4n) is 4.08. The topological polar surface area (TPSA) is 71.8 Å². The fourth-order valence-corrected chi connectivity index (χ4v) is 5.14. The van der Waals surface area contributed by atoms with E-state index in [1.165, 1.54) is 11.1 Å². The third kappa shape index (κ3) is 5.91. The number of benzene rings is 3. The summed E-state index contributed by atoms with van der Waals surface area (Å²) >= 11 is 7.97. The molecule has 6 nitrogen and oxygen atoms in total. The zero-order valence-corrected chi connectivity index (χ0v) is 22.7. The van der Waals surface area contributed by atoms with Crippen LogP contribution < -0.4 is 10.6 Å². The molecule has 36 heavy (non-hydrogen) atoms. The number of thioether (sulfide) groups is 1. The van der Waals surface area contributed by atoms with Crippen molar-refractivity contribution in [3.63, 3.8) is 0 Å². The molecule has 0 saturated heterocycles. The molecule has 1 unspecified atom stereocenters. The van der Waals surface area contributed by atoms with Crippen molar-refractivity contribution in [2.45, 2.75) is 51.6 Å². The van der Waals surface area contributed by atoms with E-state index in [2.05, 4.69) is 52.0 Å². The highest BCUT2D eigenvalue weighted by atomic mass is 35.5. The monoisotopic (exact) mass is 519 g/mol. The largest absolute Gasteiger partial charge is 0.328 e. The van der Waals surface area contributed by atoms with Crippen LogP contribution in [0.2, 0.25) is 5.02 Å². The Labute approximate surface area is 221 Å². The first-order chi connectivity index (χ1) is 17.2. The number of amides is 2. The molecule has 0 bridgehead atoms. The van der Waals surface area contributed by atoms with Crippen LogP contribution in [0.4, 0.5) is 10.5 Å². The van der Waals surface area contributed by atoms with Gasteiger partial charge in [-0.3, -0.25) is 4.57 Å². The molecule has 4 rings (SSSR count). The van der Waals surface area contributed by atoms with Crippen molar-refractivity contribution in [1.82, 2.24) is 20.1 Å². The van der Waals surface area contributed by atoms with E-state index in [0.717, 1.165) is 39.0 Å². The average molecular weight is 520 g/mol. The molecule has 1 atom stereocenters. The quantitative estimate of drug-likeness (QED) is 0.251. The first-order valence-electron chi connectivity index (χ1n) is 11.8. The lowest BCUT2D eigenvalue weighted by Crippen LogP contribution is -2.33. The molecule has 0 spiro atoms. The minimum absolute atomic E-state index is 0.300. The highest BCUT2D eigenvalue weighted by Gasteiger charge is 2.23. The SMILES string of the molecule is Cc1cccc(CSc2nnc(C(C)NC(=O)Nc3c(C)cccc3C)n2-c2cc(Cl)ccc2C)c1. The second kappa shape index (κ2) is 11.2. The predicted octanol–water partition coefficient (Wildman–Crippen LogP) is 7.33. The molecular weight excluding hydrogens is 490 g/mol. The lowest BCUT2D eigenvalue weighted by molar-refractivity contribution is 0.248. The molecule has 0 fully saturated rings. The Morgan fingerprint density at radius 3 is 2.42 bits per heavy atom. The average Bonchev–Trinajstić information content (AvgIpc) is 3.26. The summed E-state index contributed by atoms with van der Waals surface area (Å²) in [6, 6.07) is 19.4. The van der Waals surface area contributed by atoms with Gasteiger partial charge in [0.15, 0.2) is 11.0 Å². The molecular formula is C28H30ClN5OS. The molecule has 4 aromatic rings. The standard InChI is InChI=1S/C28H30ClN5OS/c1-17-8-6-11-22(14-17)16-36-28-33-32-26(34(28)24-15-23(29)13-12-18(24)2)21(5)30-27(35)31-25-19(3)9-7-10-20(25)4/h6-15,21H,16H2,1-5H3,(H2,30,31,35). The molecule has 2 amide bonds. The molecule has 0 radical (unpaired) electrons. The van der Waals surface area contributed by atoms with Gasteiger partial charge in [0.25, 0.3) is 0 Å². The second-order valence-electron chi connectivity index (χ2n) is 8.97. The van der Waals surface area contributed by atoms with Crippen LogP contribution in [0.5, 0.6) is 0 Å². The summed E-state index contributed by atoms with van der Waals surface area (Å²) in [4.78, 5) is 12.9. The van der Waals surface area contributed by atoms with Gasteiger partial charge >= 0.3 is 6.03 Å². The van der Waals surface area contributed by atoms with E-state index in [1.54, 1.807) is 11.8 Å². The maximum atomic E-state index is 12.9. The number of halogens is 1. The Morgan fingerprint density at radius 2 is 1.69 bits per heavy atom. The molecule has 0 saturated carbocycles. The van der Waals surface area contributed by atoms with Gasteiger partial charge in [-0.25, -0.2) is 4.79 Å². The van der Waals surface area contributed by atoms with Crippen molar-refractivity contribution >= 4 is 35.1 Å². The molecule has 0 aliphatic carbocycles. The Hall–Kier alpha value is -3.29. The van der Waals surface area contributed by atoms with Crippen LogP contribution >= 0.6 is 23.4 Å². The summed E-state index contributed by atoms with van der Waals surface area (Å²) in [6.07, 6.45) is 0. The number of aromatic nitrogens is 3. The molecule has 1 heterocycles. The van der Waals surface area contributed by atoms with E-state index < -0.39 is 6.04 Å². The second-order valence-corrected chi connectivity index (χ2v) is 10.4. The first-order valence-corrected chi connectivity index (χ1v) is 13.1. The van der Waals surface area contributed by atoms with Crippen LogP contribution in [0.1, 0.15) is 46.6 Å². The Kier molecular flexibility index (Phi) is 8.01. The van der Waals surface area contributed by atoms with Crippen LogP contribution in [-0.4, -0.2) is 20.8 Å². The molecule has 3 aromatic carbocycles. The number of carbonyl (C=O) groups excluding carboxylic acids is 1. The zero-order chi connectivity index (χ0) is 25.8. The zero-order valence-electron chi connectivity index (χ0n) is 21.1. The number of aryl methyl sites for hydroxylation is 4. The lowest BCUT2D eigenvalue weighted by atomic mass is 10.1. The van der Waals surface area contributed by atoms with Crippen LogP contribution in [0, 0.1) is 27.7 Å². The number of nitrogens with zero attached hydrogens (tertiary/aromatic N) is 3. The van der Waals surface area contributed by atoms with Gasteiger partial charge in [-0.1, -0.05) is 77.5 Å². The molecule has 8 heteroatoms. The van der Waals surface area contributed by atoms with Crippen LogP contribution in [0.3, 0.4) is 0 Å². The van der Waals surface area contributed by atoms with Crippen molar-refractivity contribution in [1.29, 1.82) is 0 Å². The highest BCUT2D eigenvalue weighted by molar-refractivity contribution is 7.98. The van der Waals surface area contributed by atoms with Gasteiger partial charge in [0, 0.05) is 16.5 Å². The van der Waals surface area contributed by atoms with Crippen LogP contribution in [0.25, 0.3) is 5.69 Å². The van der Waals surface area contributed by atoms with Gasteiger partial charge in [0.05, 0.1) is 11.7 Å². The number of urea groups is 1. The molecule has 2 N–H and O–H groups in total. The van der Waals surface area contributed by atoms with Gasteiger partial charge in [-0.05, 0) is 69.0 Å². The van der Waals surface area contributed by atoms with Crippen molar-refractivity contribution in [2.75, 3.05) is 5.32 Å². The Morgan fingerprint density at radius 1 is 0.972 bits per heavy atom. The number of carbonyl (C=O) groups is 1. The summed E-state index contributed by atoms with van der Waals surface area (Å²) in [6.45, 7) is 9.96. The van der Waals surface area contributed by atoms with E-state index in [0.29, 0.717) is 10.8 Å².